The molecule has 0 radical (unpaired) electrons. The normalized spacial score (nSPS) is 14.9. The van der Waals surface area contributed by atoms with Gasteiger partial charge in [0.05, 0.1) is 29.5 Å². The van der Waals surface area contributed by atoms with Crippen LogP contribution in [0.1, 0.15) is 104 Å². The number of hydrogen-bond acceptors (Lipinski definition) is 9. The third kappa shape index (κ3) is 18.1. The number of benzene rings is 1. The fourth-order valence-corrected chi connectivity index (χ4v) is 6.21. The summed E-state index contributed by atoms with van der Waals surface area (Å²) in [7, 11) is -6.33. The fourth-order valence-electron chi connectivity index (χ4n) is 5.20. The van der Waals surface area contributed by atoms with E-state index in [0.717, 1.165) is 31.2 Å². The molecule has 11 nitrogen and oxygen atoms in total. The molecule has 276 valence electrons. The number of esters is 3. The molecule has 0 saturated heterocycles. The number of hydrogen-bond donors (Lipinski definition) is 2. The smallest absolute Gasteiger partial charge is 0.463 e. The summed E-state index contributed by atoms with van der Waals surface area (Å²) in [4.78, 5) is 56.8. The maximum absolute atomic E-state index is 13.3. The van der Waals surface area contributed by atoms with Gasteiger partial charge in [-0.3, -0.25) is 18.9 Å². The average Bonchev–Trinajstić information content (AvgIpc) is 3.01. The van der Waals surface area contributed by atoms with Crippen LogP contribution in [0.4, 0.5) is 0 Å². The molecule has 0 aliphatic heterocycles. The lowest BCUT2D eigenvalue weighted by atomic mass is 9.76. The fraction of sp³-hybridized carbons (Fsp3) is 0.743. The Hall–Kier alpha value is -2.08. The van der Waals surface area contributed by atoms with Crippen molar-refractivity contribution in [1.82, 2.24) is 0 Å². The number of ether oxygens (including phenoxy) is 3. The largest absolute Gasteiger partial charge is 0.469 e. The van der Waals surface area contributed by atoms with E-state index in [0.29, 0.717) is 45.1 Å². The molecule has 1 rings (SSSR count). The lowest BCUT2D eigenvalue weighted by Gasteiger charge is -2.30. The van der Waals surface area contributed by atoms with Crippen molar-refractivity contribution >= 4 is 34.0 Å². The van der Waals surface area contributed by atoms with Gasteiger partial charge < -0.3 is 28.4 Å². The molecule has 0 bridgehead atoms. The second-order valence-electron chi connectivity index (χ2n) is 14.7. The van der Waals surface area contributed by atoms with Crippen molar-refractivity contribution in [3.8, 4) is 0 Å². The van der Waals surface area contributed by atoms with E-state index in [1.165, 1.54) is 0 Å². The summed E-state index contributed by atoms with van der Waals surface area (Å²) in [6.07, 6.45) is 6.65. The molecular formula is C35H61O11PSi. The minimum atomic E-state index is -4.67. The van der Waals surface area contributed by atoms with Gasteiger partial charge in [-0.2, -0.15) is 0 Å². The Morgan fingerprint density at radius 2 is 1.21 bits per heavy atom. The quantitative estimate of drug-likeness (QED) is 0.0336. The van der Waals surface area contributed by atoms with E-state index in [1.807, 2.05) is 65.0 Å². The highest BCUT2D eigenvalue weighted by Gasteiger charge is 2.38. The molecule has 2 N–H and O–H groups in total. The topological polar surface area (TPSA) is 155 Å². The molecule has 2 atom stereocenters. The van der Waals surface area contributed by atoms with E-state index in [2.05, 4.69) is 24.2 Å². The highest BCUT2D eigenvalue weighted by molar-refractivity contribution is 7.46. The summed E-state index contributed by atoms with van der Waals surface area (Å²) in [6.45, 7) is 15.9. The van der Waals surface area contributed by atoms with Crippen molar-refractivity contribution < 1.29 is 51.9 Å². The third-order valence-corrected chi connectivity index (χ3v) is 10.3. The van der Waals surface area contributed by atoms with Crippen molar-refractivity contribution in [1.29, 1.82) is 0 Å². The Bertz CT molecular complexity index is 1160. The molecule has 0 aliphatic carbocycles. The minimum Gasteiger partial charge on any atom is -0.463 e. The Labute approximate surface area is 289 Å². The average molecular weight is 717 g/mol. The van der Waals surface area contributed by atoms with Crippen LogP contribution in [0, 0.1) is 16.2 Å². The van der Waals surface area contributed by atoms with Crippen LogP contribution >= 0.6 is 7.82 Å². The Morgan fingerprint density at radius 1 is 0.688 bits per heavy atom. The molecule has 0 aromatic heterocycles. The Kier molecular flexibility index (Phi) is 18.8. The number of carbonyl (C=O) groups is 3. The van der Waals surface area contributed by atoms with E-state index in [-0.39, 0.29) is 31.8 Å². The Morgan fingerprint density at radius 3 is 1.79 bits per heavy atom. The lowest BCUT2D eigenvalue weighted by molar-refractivity contribution is -0.158. The molecule has 2 unspecified atom stereocenters. The van der Waals surface area contributed by atoms with E-state index >= 15 is 0 Å². The molecule has 48 heavy (non-hydrogen) atoms. The number of phosphoric acid groups is 1. The van der Waals surface area contributed by atoms with Crippen LogP contribution in [0.5, 0.6) is 0 Å². The van der Waals surface area contributed by atoms with Crippen LogP contribution < -0.4 is 0 Å². The zero-order chi connectivity index (χ0) is 36.5. The monoisotopic (exact) mass is 716 g/mol. The van der Waals surface area contributed by atoms with Gasteiger partial charge in [-0.05, 0) is 85.0 Å². The molecule has 1 aromatic carbocycles. The summed E-state index contributed by atoms with van der Waals surface area (Å²) in [5.41, 5.74) is -1.28. The molecule has 0 aliphatic rings. The lowest BCUT2D eigenvalue weighted by Crippen LogP contribution is -2.33. The predicted molar refractivity (Wildman–Crippen MR) is 187 cm³/mol. The van der Waals surface area contributed by atoms with Gasteiger partial charge in [-0.25, -0.2) is 4.57 Å². The molecule has 0 heterocycles. The maximum atomic E-state index is 13.3. The summed E-state index contributed by atoms with van der Waals surface area (Å²) in [5, 5.41) is 0. The first-order valence-electron chi connectivity index (χ1n) is 17.1. The van der Waals surface area contributed by atoms with Gasteiger partial charge in [0.25, 0.3) is 0 Å². The maximum Gasteiger partial charge on any atom is 0.469 e. The van der Waals surface area contributed by atoms with Gasteiger partial charge in [-0.15, -0.1) is 0 Å². The van der Waals surface area contributed by atoms with Gasteiger partial charge in [0, 0.05) is 0 Å². The van der Waals surface area contributed by atoms with Gasteiger partial charge in [-0.1, -0.05) is 69.4 Å². The zero-order valence-corrected chi connectivity index (χ0v) is 32.4. The van der Waals surface area contributed by atoms with Crippen molar-refractivity contribution in [2.75, 3.05) is 26.4 Å². The summed E-state index contributed by atoms with van der Waals surface area (Å²) in [5.74, 6) is -0.981. The molecule has 0 spiro atoms. The number of phosphoric ester groups is 1. The first-order valence-corrected chi connectivity index (χ1v) is 22.1. The Balaban J connectivity index is 2.69. The minimum absolute atomic E-state index is 0.196. The van der Waals surface area contributed by atoms with Crippen molar-refractivity contribution in [2.45, 2.75) is 125 Å². The SMILES string of the molecule is CCC(C)(CCCC(C)(CCCCCCC(C)(C)C(=O)OCCO[Si](C)(C)C)C(=O)OCCOP(=O)(O)O)C(=O)OCc1ccccc1. The first kappa shape index (κ1) is 43.9. The van der Waals surface area contributed by atoms with E-state index < -0.39 is 45.0 Å². The number of rotatable bonds is 25. The highest BCUT2D eigenvalue weighted by Crippen LogP contribution is 2.38. The molecule has 1 aromatic rings. The number of unbranched alkanes of at least 4 members (excludes halogenated alkanes) is 3. The third-order valence-electron chi connectivity index (χ3n) is 8.70. The van der Waals surface area contributed by atoms with Crippen LogP contribution in [-0.4, -0.2) is 62.4 Å². The van der Waals surface area contributed by atoms with Crippen LogP contribution in [-0.2, 0) is 48.7 Å². The van der Waals surface area contributed by atoms with Crippen molar-refractivity contribution in [2.24, 2.45) is 16.2 Å². The summed E-state index contributed by atoms with van der Waals surface area (Å²) >= 11 is 0. The number of carbonyl (C=O) groups excluding carboxylic acids is 3. The van der Waals surface area contributed by atoms with Gasteiger partial charge in [0.15, 0.2) is 8.32 Å². The first-order chi connectivity index (χ1) is 22.2. The molecule has 13 heteroatoms. The van der Waals surface area contributed by atoms with Crippen molar-refractivity contribution in [3.63, 3.8) is 0 Å². The predicted octanol–water partition coefficient (Wildman–Crippen LogP) is 7.74. The molecule has 0 fully saturated rings. The standard InChI is InChI=1S/C35H61O11PSi/c1-9-34(4,31(37)44-28-29-18-13-12-14-19-29)22-17-23-35(5,32(38)43-24-26-45-47(39,40)41)21-16-11-10-15-20-33(2,3)30(36)42-25-27-46-48(6,7)8/h12-14,18-19H,9-11,15-17,20-28H2,1-8H3,(H2,39,40,41). The van der Waals surface area contributed by atoms with Gasteiger partial charge >= 0.3 is 25.7 Å². The van der Waals surface area contributed by atoms with Crippen LogP contribution in [0.3, 0.4) is 0 Å². The van der Waals surface area contributed by atoms with Crippen molar-refractivity contribution in [3.05, 3.63) is 35.9 Å². The van der Waals surface area contributed by atoms with Crippen LogP contribution in [0.15, 0.2) is 30.3 Å². The van der Waals surface area contributed by atoms with Crippen LogP contribution in [0.25, 0.3) is 0 Å². The molecular weight excluding hydrogens is 655 g/mol. The van der Waals surface area contributed by atoms with E-state index in [9.17, 15) is 18.9 Å². The second-order valence-corrected chi connectivity index (χ2v) is 20.5. The molecule has 0 amide bonds. The molecule has 0 saturated carbocycles. The summed E-state index contributed by atoms with van der Waals surface area (Å²) < 4.78 is 37.7. The summed E-state index contributed by atoms with van der Waals surface area (Å²) in [6, 6.07) is 9.50. The van der Waals surface area contributed by atoms with Crippen LogP contribution in [0.2, 0.25) is 19.6 Å². The van der Waals surface area contributed by atoms with E-state index in [1.54, 1.807) is 0 Å². The van der Waals surface area contributed by atoms with E-state index in [4.69, 9.17) is 28.4 Å². The second kappa shape index (κ2) is 20.6. The highest BCUT2D eigenvalue weighted by atomic mass is 31.2. The van der Waals surface area contributed by atoms with Gasteiger partial charge in [0.1, 0.15) is 19.8 Å². The van der Waals surface area contributed by atoms with Gasteiger partial charge in [0.2, 0.25) is 0 Å². The zero-order valence-electron chi connectivity index (χ0n) is 30.5.